The zero-order valence-corrected chi connectivity index (χ0v) is 11.6. The van der Waals surface area contributed by atoms with E-state index in [0.29, 0.717) is 18.3 Å². The quantitative estimate of drug-likeness (QED) is 0.725. The molecular weight excluding hydrogens is 218 g/mol. The van der Waals surface area contributed by atoms with Crippen molar-refractivity contribution in [3.8, 4) is 6.07 Å². The van der Waals surface area contributed by atoms with Crippen LogP contribution in [0.25, 0.3) is 0 Å². The Balaban J connectivity index is 4.15. The molecule has 1 N–H and O–H groups in total. The molecule has 0 atom stereocenters. The monoisotopic (exact) mass is 241 g/mol. The molecule has 0 radical (unpaired) electrons. The highest BCUT2D eigenvalue weighted by molar-refractivity contribution is 7.80. The Labute approximate surface area is 105 Å². The lowest BCUT2D eigenvalue weighted by Gasteiger charge is -2.27. The Morgan fingerprint density at radius 3 is 2.38 bits per heavy atom. The molecule has 0 aliphatic rings. The first kappa shape index (κ1) is 15.2. The van der Waals surface area contributed by atoms with Crippen LogP contribution < -0.4 is 5.32 Å². The van der Waals surface area contributed by atoms with Crippen molar-refractivity contribution in [3.63, 3.8) is 0 Å². The van der Waals surface area contributed by atoms with Crippen LogP contribution in [0.4, 0.5) is 0 Å². The predicted octanol–water partition coefficient (Wildman–Crippen LogP) is 2.39. The molecule has 0 aromatic carbocycles. The molecule has 92 valence electrons. The standard InChI is InChI=1S/C12H23N3S/c1-10(2)8-14-12(16)15(7-5-6-13)9-11(3)4/h10-11H,5,7-9H2,1-4H3,(H,14,16). The van der Waals surface area contributed by atoms with Crippen LogP contribution >= 0.6 is 12.2 Å². The van der Waals surface area contributed by atoms with E-state index in [0.717, 1.165) is 24.7 Å². The number of rotatable bonds is 6. The van der Waals surface area contributed by atoms with Gasteiger partial charge in [-0.1, -0.05) is 27.7 Å². The van der Waals surface area contributed by atoms with Crippen LogP contribution in [0.5, 0.6) is 0 Å². The molecule has 0 amide bonds. The smallest absolute Gasteiger partial charge is 0.168 e. The summed E-state index contributed by atoms with van der Waals surface area (Å²) in [5.41, 5.74) is 0. The lowest BCUT2D eigenvalue weighted by molar-refractivity contribution is 0.365. The minimum Gasteiger partial charge on any atom is -0.362 e. The van der Waals surface area contributed by atoms with E-state index in [-0.39, 0.29) is 0 Å². The Morgan fingerprint density at radius 1 is 1.31 bits per heavy atom. The van der Waals surface area contributed by atoms with Gasteiger partial charge >= 0.3 is 0 Å². The summed E-state index contributed by atoms with van der Waals surface area (Å²) < 4.78 is 0. The minimum atomic E-state index is 0.524. The Morgan fingerprint density at radius 2 is 1.94 bits per heavy atom. The van der Waals surface area contributed by atoms with Crippen LogP contribution in [0.3, 0.4) is 0 Å². The number of hydrogen-bond donors (Lipinski definition) is 1. The largest absolute Gasteiger partial charge is 0.362 e. The summed E-state index contributed by atoms with van der Waals surface area (Å²) in [6.45, 7) is 11.1. The van der Waals surface area contributed by atoms with Gasteiger partial charge in [-0.25, -0.2) is 0 Å². The van der Waals surface area contributed by atoms with Gasteiger partial charge in [-0.05, 0) is 24.1 Å². The van der Waals surface area contributed by atoms with Gasteiger partial charge in [0.15, 0.2) is 5.11 Å². The third kappa shape index (κ3) is 7.47. The summed E-state index contributed by atoms with van der Waals surface area (Å²) in [5.74, 6) is 1.13. The first-order chi connectivity index (χ1) is 7.47. The molecule has 0 aliphatic heterocycles. The summed E-state index contributed by atoms with van der Waals surface area (Å²) in [7, 11) is 0. The van der Waals surface area contributed by atoms with Gasteiger partial charge in [0.1, 0.15) is 0 Å². The van der Waals surface area contributed by atoms with Crippen molar-refractivity contribution >= 4 is 17.3 Å². The molecule has 0 saturated heterocycles. The van der Waals surface area contributed by atoms with Crippen LogP contribution in [0.15, 0.2) is 0 Å². The van der Waals surface area contributed by atoms with Crippen molar-refractivity contribution in [2.45, 2.75) is 34.1 Å². The van der Waals surface area contributed by atoms with E-state index in [2.05, 4.69) is 44.0 Å². The summed E-state index contributed by atoms with van der Waals surface area (Å²) in [6, 6.07) is 2.16. The maximum Gasteiger partial charge on any atom is 0.168 e. The molecule has 3 nitrogen and oxygen atoms in total. The molecule has 0 aromatic heterocycles. The minimum absolute atomic E-state index is 0.524. The van der Waals surface area contributed by atoms with Crippen LogP contribution in [-0.4, -0.2) is 29.6 Å². The van der Waals surface area contributed by atoms with Gasteiger partial charge in [-0.15, -0.1) is 0 Å². The van der Waals surface area contributed by atoms with Gasteiger partial charge < -0.3 is 10.2 Å². The van der Waals surface area contributed by atoms with Crippen molar-refractivity contribution in [1.82, 2.24) is 10.2 Å². The molecule has 4 heteroatoms. The van der Waals surface area contributed by atoms with Crippen molar-refractivity contribution in [3.05, 3.63) is 0 Å². The second-order valence-corrected chi connectivity index (χ2v) is 5.21. The molecular formula is C12H23N3S. The summed E-state index contributed by atoms with van der Waals surface area (Å²) in [5, 5.41) is 12.6. The van der Waals surface area contributed by atoms with E-state index in [1.54, 1.807) is 0 Å². The van der Waals surface area contributed by atoms with Crippen molar-refractivity contribution < 1.29 is 0 Å². The van der Waals surface area contributed by atoms with E-state index in [9.17, 15) is 0 Å². The summed E-state index contributed by atoms with van der Waals surface area (Å²) in [4.78, 5) is 2.09. The zero-order chi connectivity index (χ0) is 12.6. The van der Waals surface area contributed by atoms with Gasteiger partial charge in [0.05, 0.1) is 12.5 Å². The van der Waals surface area contributed by atoms with Crippen molar-refractivity contribution in [2.24, 2.45) is 11.8 Å². The van der Waals surface area contributed by atoms with E-state index in [1.165, 1.54) is 0 Å². The highest BCUT2D eigenvalue weighted by Crippen LogP contribution is 2.01. The lowest BCUT2D eigenvalue weighted by atomic mass is 10.2. The van der Waals surface area contributed by atoms with Gasteiger partial charge in [-0.3, -0.25) is 0 Å². The number of nitrogens with one attached hydrogen (secondary N) is 1. The molecule has 0 rings (SSSR count). The third-order valence-corrected chi connectivity index (χ3v) is 2.43. The first-order valence-corrected chi connectivity index (χ1v) is 6.28. The van der Waals surface area contributed by atoms with E-state index < -0.39 is 0 Å². The van der Waals surface area contributed by atoms with Crippen molar-refractivity contribution in [1.29, 1.82) is 5.26 Å². The van der Waals surface area contributed by atoms with Crippen LogP contribution in [0.2, 0.25) is 0 Å². The lowest BCUT2D eigenvalue weighted by Crippen LogP contribution is -2.43. The number of thiocarbonyl (C=S) groups is 1. The second-order valence-electron chi connectivity index (χ2n) is 4.83. The molecule has 0 heterocycles. The second kappa shape index (κ2) is 8.35. The Hall–Kier alpha value is -0.820. The van der Waals surface area contributed by atoms with E-state index >= 15 is 0 Å². The molecule has 0 aromatic rings. The normalized spacial score (nSPS) is 10.3. The fourth-order valence-corrected chi connectivity index (χ4v) is 1.55. The van der Waals surface area contributed by atoms with Crippen molar-refractivity contribution in [2.75, 3.05) is 19.6 Å². The molecule has 0 spiro atoms. The molecule has 0 fully saturated rings. The van der Waals surface area contributed by atoms with E-state index in [4.69, 9.17) is 17.5 Å². The fraction of sp³-hybridized carbons (Fsp3) is 0.833. The average Bonchev–Trinajstić information content (AvgIpc) is 2.20. The SMILES string of the molecule is CC(C)CNC(=S)N(CCC#N)CC(C)C. The highest BCUT2D eigenvalue weighted by Gasteiger charge is 2.10. The Bertz CT molecular complexity index is 243. The first-order valence-electron chi connectivity index (χ1n) is 5.87. The molecule has 16 heavy (non-hydrogen) atoms. The highest BCUT2D eigenvalue weighted by atomic mass is 32.1. The molecule has 0 aliphatic carbocycles. The summed E-state index contributed by atoms with van der Waals surface area (Å²) in [6.07, 6.45) is 0.524. The molecule has 0 saturated carbocycles. The topological polar surface area (TPSA) is 39.1 Å². The maximum atomic E-state index is 8.61. The zero-order valence-electron chi connectivity index (χ0n) is 10.8. The van der Waals surface area contributed by atoms with Gasteiger partial charge in [0, 0.05) is 19.6 Å². The molecule has 0 unspecified atom stereocenters. The average molecular weight is 241 g/mol. The predicted molar refractivity (Wildman–Crippen MR) is 72.1 cm³/mol. The van der Waals surface area contributed by atoms with Crippen LogP contribution in [-0.2, 0) is 0 Å². The summed E-state index contributed by atoms with van der Waals surface area (Å²) >= 11 is 5.33. The maximum absolute atomic E-state index is 8.61. The van der Waals surface area contributed by atoms with Gasteiger partial charge in [0.2, 0.25) is 0 Å². The molecule has 0 bridgehead atoms. The van der Waals surface area contributed by atoms with Crippen LogP contribution in [0, 0.1) is 23.2 Å². The fourth-order valence-electron chi connectivity index (χ4n) is 1.30. The number of nitriles is 1. The van der Waals surface area contributed by atoms with Gasteiger partial charge in [-0.2, -0.15) is 5.26 Å². The van der Waals surface area contributed by atoms with Gasteiger partial charge in [0.25, 0.3) is 0 Å². The third-order valence-electron chi connectivity index (χ3n) is 2.03. The van der Waals surface area contributed by atoms with E-state index in [1.807, 2.05) is 0 Å². The number of hydrogen-bond acceptors (Lipinski definition) is 2. The number of nitrogens with zero attached hydrogens (tertiary/aromatic N) is 2. The van der Waals surface area contributed by atoms with Crippen LogP contribution in [0.1, 0.15) is 34.1 Å². The Kier molecular flexibility index (Phi) is 7.92.